The van der Waals surface area contributed by atoms with Gasteiger partial charge in [0.2, 0.25) is 0 Å². The fourth-order valence-corrected chi connectivity index (χ4v) is 4.22. The molecule has 1 aromatic carbocycles. The number of benzene rings is 1. The SMILES string of the molecule is COc1cc(C(=O)NCCN2CCc3sccc3C2)cc(Cl)c1OCC(N)=O. The van der Waals surface area contributed by atoms with E-state index in [0.29, 0.717) is 12.1 Å². The standard InChI is InChI=1S/C19H22ClN3O4S/c1-26-15-9-13(8-14(20)18(15)27-11-17(21)24)19(25)22-4-6-23-5-2-16-12(10-23)3-7-28-16/h3,7-9H,2,4-6,10-11H2,1H3,(H2,21,24)(H,22,25). The number of fused-ring (bicyclic) bond motifs is 1. The van der Waals surface area contributed by atoms with E-state index in [1.165, 1.54) is 29.7 Å². The first-order chi connectivity index (χ1) is 13.5. The molecule has 3 rings (SSSR count). The summed E-state index contributed by atoms with van der Waals surface area (Å²) in [4.78, 5) is 27.2. The number of thiophene rings is 1. The van der Waals surface area contributed by atoms with Crippen LogP contribution in [0.25, 0.3) is 0 Å². The molecule has 9 heteroatoms. The Kier molecular flexibility index (Phi) is 6.77. The Morgan fingerprint density at radius 2 is 2.21 bits per heavy atom. The molecule has 0 bridgehead atoms. The number of hydrogen-bond donors (Lipinski definition) is 2. The Morgan fingerprint density at radius 3 is 2.96 bits per heavy atom. The molecule has 0 fully saturated rings. The minimum atomic E-state index is -0.632. The highest BCUT2D eigenvalue weighted by atomic mass is 35.5. The van der Waals surface area contributed by atoms with Crippen LogP contribution in [0.3, 0.4) is 0 Å². The van der Waals surface area contributed by atoms with Crippen LogP contribution in [-0.4, -0.2) is 50.1 Å². The summed E-state index contributed by atoms with van der Waals surface area (Å²) in [7, 11) is 1.43. The summed E-state index contributed by atoms with van der Waals surface area (Å²) in [5.41, 5.74) is 6.82. The summed E-state index contributed by atoms with van der Waals surface area (Å²) in [5, 5.41) is 5.21. The lowest BCUT2D eigenvalue weighted by molar-refractivity contribution is -0.119. The van der Waals surface area contributed by atoms with Crippen LogP contribution in [0.5, 0.6) is 11.5 Å². The normalized spacial score (nSPS) is 13.6. The molecule has 28 heavy (non-hydrogen) atoms. The van der Waals surface area contributed by atoms with Gasteiger partial charge in [0.25, 0.3) is 11.8 Å². The second-order valence-corrected chi connectivity index (χ2v) is 7.80. The molecule has 0 saturated carbocycles. The molecular weight excluding hydrogens is 402 g/mol. The van der Waals surface area contributed by atoms with Gasteiger partial charge in [-0.2, -0.15) is 0 Å². The number of rotatable bonds is 8. The van der Waals surface area contributed by atoms with Crippen molar-refractivity contribution in [1.29, 1.82) is 0 Å². The van der Waals surface area contributed by atoms with Gasteiger partial charge < -0.3 is 20.5 Å². The number of primary amides is 1. The quantitative estimate of drug-likeness (QED) is 0.677. The first-order valence-corrected chi connectivity index (χ1v) is 10.1. The number of methoxy groups -OCH3 is 1. The molecule has 0 spiro atoms. The smallest absolute Gasteiger partial charge is 0.255 e. The molecule has 1 aliphatic rings. The lowest BCUT2D eigenvalue weighted by atomic mass is 10.1. The Balaban J connectivity index is 1.56. The van der Waals surface area contributed by atoms with Gasteiger partial charge in [0.15, 0.2) is 18.1 Å². The fourth-order valence-electron chi connectivity index (χ4n) is 3.06. The molecule has 2 heterocycles. The van der Waals surface area contributed by atoms with Crippen molar-refractivity contribution in [3.05, 3.63) is 44.6 Å². The molecule has 0 unspecified atom stereocenters. The summed E-state index contributed by atoms with van der Waals surface area (Å²) in [6, 6.07) is 5.17. The van der Waals surface area contributed by atoms with E-state index >= 15 is 0 Å². The van der Waals surface area contributed by atoms with Crippen molar-refractivity contribution in [3.8, 4) is 11.5 Å². The lowest BCUT2D eigenvalue weighted by Gasteiger charge is -2.26. The van der Waals surface area contributed by atoms with E-state index in [1.807, 2.05) is 11.3 Å². The second kappa shape index (κ2) is 9.27. The van der Waals surface area contributed by atoms with E-state index in [2.05, 4.69) is 21.7 Å². The van der Waals surface area contributed by atoms with E-state index in [-0.39, 0.29) is 29.0 Å². The Bertz CT molecular complexity index is 871. The van der Waals surface area contributed by atoms with Gasteiger partial charge in [0.1, 0.15) is 0 Å². The van der Waals surface area contributed by atoms with Crippen LogP contribution in [0.2, 0.25) is 5.02 Å². The molecule has 0 atom stereocenters. The van der Waals surface area contributed by atoms with E-state index in [1.54, 1.807) is 0 Å². The van der Waals surface area contributed by atoms with Gasteiger partial charge in [-0.3, -0.25) is 14.5 Å². The first kappa shape index (κ1) is 20.4. The average Bonchev–Trinajstić information content (AvgIpc) is 3.14. The second-order valence-electron chi connectivity index (χ2n) is 6.40. The minimum Gasteiger partial charge on any atom is -0.493 e. The van der Waals surface area contributed by atoms with Gasteiger partial charge >= 0.3 is 0 Å². The number of nitrogens with one attached hydrogen (secondary N) is 1. The third kappa shape index (κ3) is 4.95. The van der Waals surface area contributed by atoms with Crippen molar-refractivity contribution in [1.82, 2.24) is 10.2 Å². The van der Waals surface area contributed by atoms with Crippen LogP contribution >= 0.6 is 22.9 Å². The molecule has 1 aliphatic heterocycles. The molecule has 2 aromatic rings. The number of halogens is 1. The molecule has 150 valence electrons. The number of carbonyl (C=O) groups is 2. The third-order valence-electron chi connectivity index (χ3n) is 4.45. The maximum Gasteiger partial charge on any atom is 0.255 e. The van der Waals surface area contributed by atoms with E-state index < -0.39 is 5.91 Å². The number of hydrogen-bond acceptors (Lipinski definition) is 6. The Hall–Kier alpha value is -2.29. The summed E-state index contributed by atoms with van der Waals surface area (Å²) in [6.07, 6.45) is 1.06. The van der Waals surface area contributed by atoms with Crippen LogP contribution in [0, 0.1) is 0 Å². The predicted octanol–water partition coefficient (Wildman–Crippen LogP) is 2.06. The highest BCUT2D eigenvalue weighted by Crippen LogP contribution is 2.36. The molecular formula is C19H22ClN3O4S. The third-order valence-corrected chi connectivity index (χ3v) is 5.75. The summed E-state index contributed by atoms with van der Waals surface area (Å²) < 4.78 is 10.5. The fraction of sp³-hybridized carbons (Fsp3) is 0.368. The van der Waals surface area contributed by atoms with Crippen molar-refractivity contribution in [3.63, 3.8) is 0 Å². The molecule has 3 N–H and O–H groups in total. The highest BCUT2D eigenvalue weighted by Gasteiger charge is 2.19. The van der Waals surface area contributed by atoms with Gasteiger partial charge in [-0.25, -0.2) is 0 Å². The summed E-state index contributed by atoms with van der Waals surface area (Å²) in [6.45, 7) is 2.88. The number of ether oxygens (including phenoxy) is 2. The first-order valence-electron chi connectivity index (χ1n) is 8.82. The van der Waals surface area contributed by atoms with Crippen molar-refractivity contribution >= 4 is 34.8 Å². The Labute approximate surface area is 172 Å². The zero-order valence-corrected chi connectivity index (χ0v) is 17.1. The molecule has 0 aliphatic carbocycles. The highest BCUT2D eigenvalue weighted by molar-refractivity contribution is 7.10. The average molecular weight is 424 g/mol. The maximum absolute atomic E-state index is 12.5. The largest absolute Gasteiger partial charge is 0.493 e. The zero-order chi connectivity index (χ0) is 20.1. The molecule has 7 nitrogen and oxygen atoms in total. The van der Waals surface area contributed by atoms with Gasteiger partial charge in [-0.05, 0) is 35.6 Å². The minimum absolute atomic E-state index is 0.173. The van der Waals surface area contributed by atoms with E-state index in [9.17, 15) is 9.59 Å². The number of nitrogens with zero attached hydrogens (tertiary/aromatic N) is 1. The van der Waals surface area contributed by atoms with Crippen LogP contribution in [0.1, 0.15) is 20.8 Å². The lowest BCUT2D eigenvalue weighted by Crippen LogP contribution is -2.37. The molecule has 1 aromatic heterocycles. The number of nitrogens with two attached hydrogens (primary N) is 1. The topological polar surface area (TPSA) is 93.9 Å². The molecule has 2 amide bonds. The summed E-state index contributed by atoms with van der Waals surface area (Å²) in [5.74, 6) is -0.443. The monoisotopic (exact) mass is 423 g/mol. The Morgan fingerprint density at radius 1 is 1.39 bits per heavy atom. The van der Waals surface area contributed by atoms with Crippen LogP contribution in [0.4, 0.5) is 0 Å². The van der Waals surface area contributed by atoms with E-state index in [0.717, 1.165) is 26.1 Å². The van der Waals surface area contributed by atoms with E-state index in [4.69, 9.17) is 26.8 Å². The predicted molar refractivity (Wildman–Crippen MR) is 108 cm³/mol. The van der Waals surface area contributed by atoms with Gasteiger partial charge in [0, 0.05) is 36.6 Å². The van der Waals surface area contributed by atoms with Crippen molar-refractivity contribution in [2.45, 2.75) is 13.0 Å². The van der Waals surface area contributed by atoms with Crippen LogP contribution in [0.15, 0.2) is 23.6 Å². The van der Waals surface area contributed by atoms with Gasteiger partial charge in [0.05, 0.1) is 12.1 Å². The number of amides is 2. The maximum atomic E-state index is 12.5. The zero-order valence-electron chi connectivity index (χ0n) is 15.5. The van der Waals surface area contributed by atoms with Crippen molar-refractivity contribution in [2.24, 2.45) is 5.73 Å². The van der Waals surface area contributed by atoms with Crippen LogP contribution < -0.4 is 20.5 Å². The molecule has 0 radical (unpaired) electrons. The van der Waals surface area contributed by atoms with Gasteiger partial charge in [-0.15, -0.1) is 11.3 Å². The van der Waals surface area contributed by atoms with Crippen LogP contribution in [-0.2, 0) is 17.8 Å². The number of carbonyl (C=O) groups excluding carboxylic acids is 2. The van der Waals surface area contributed by atoms with Crippen molar-refractivity contribution in [2.75, 3.05) is 33.4 Å². The van der Waals surface area contributed by atoms with Crippen molar-refractivity contribution < 1.29 is 19.1 Å². The summed E-state index contributed by atoms with van der Waals surface area (Å²) >= 11 is 8.00. The molecule has 0 saturated heterocycles. The van der Waals surface area contributed by atoms with Gasteiger partial charge in [-0.1, -0.05) is 11.6 Å².